The molecule has 0 radical (unpaired) electrons. The standard InChI is InChI=1S/C20H17Cl2N5O4S/c1-2-9-26-18(11-31-17-8-3-13(21)10-16(17)22)24-25-20(26)32-12-19(28)23-14-4-6-15(7-5-14)27(29)30/h2-8,10H,1,9,11-12H2,(H,23,28). The van der Waals surface area contributed by atoms with Gasteiger partial charge in [0.2, 0.25) is 5.91 Å². The second-order valence-electron chi connectivity index (χ2n) is 6.30. The number of carbonyl (C=O) groups is 1. The van der Waals surface area contributed by atoms with E-state index in [0.29, 0.717) is 39.0 Å². The van der Waals surface area contributed by atoms with Crippen LogP contribution in [0.4, 0.5) is 11.4 Å². The van der Waals surface area contributed by atoms with Crippen LogP contribution in [0, 0.1) is 10.1 Å². The average molecular weight is 494 g/mol. The highest BCUT2D eigenvalue weighted by Gasteiger charge is 2.15. The summed E-state index contributed by atoms with van der Waals surface area (Å²) in [5.41, 5.74) is 0.409. The Balaban J connectivity index is 1.61. The highest BCUT2D eigenvalue weighted by Crippen LogP contribution is 2.28. The fourth-order valence-corrected chi connectivity index (χ4v) is 3.80. The second-order valence-corrected chi connectivity index (χ2v) is 8.09. The molecule has 32 heavy (non-hydrogen) atoms. The van der Waals surface area contributed by atoms with E-state index in [2.05, 4.69) is 22.1 Å². The predicted molar refractivity (Wildman–Crippen MR) is 123 cm³/mol. The first-order valence-electron chi connectivity index (χ1n) is 9.15. The van der Waals surface area contributed by atoms with E-state index in [1.165, 1.54) is 36.0 Å². The van der Waals surface area contributed by atoms with Crippen LogP contribution >= 0.6 is 35.0 Å². The summed E-state index contributed by atoms with van der Waals surface area (Å²) in [4.78, 5) is 22.5. The largest absolute Gasteiger partial charge is 0.484 e. The summed E-state index contributed by atoms with van der Waals surface area (Å²) in [5, 5.41) is 23.1. The van der Waals surface area contributed by atoms with Crippen LogP contribution in [-0.4, -0.2) is 31.3 Å². The Kier molecular flexibility index (Phi) is 8.09. The number of nitro benzene ring substituents is 1. The molecular weight excluding hydrogens is 477 g/mol. The van der Waals surface area contributed by atoms with Gasteiger partial charge in [-0.3, -0.25) is 19.5 Å². The van der Waals surface area contributed by atoms with Gasteiger partial charge < -0.3 is 10.1 Å². The van der Waals surface area contributed by atoms with Crippen molar-refractivity contribution in [3.8, 4) is 5.75 Å². The molecule has 2 aromatic carbocycles. The molecule has 0 aliphatic rings. The SMILES string of the molecule is C=CCn1c(COc2ccc(Cl)cc2Cl)nnc1SCC(=O)Nc1ccc([N+](=O)[O-])cc1. The molecule has 0 aliphatic carbocycles. The number of anilines is 1. The molecule has 1 heterocycles. The number of hydrogen-bond donors (Lipinski definition) is 1. The molecule has 0 fully saturated rings. The molecule has 9 nitrogen and oxygen atoms in total. The molecule has 1 amide bonds. The van der Waals surface area contributed by atoms with E-state index < -0.39 is 4.92 Å². The molecule has 1 N–H and O–H groups in total. The van der Waals surface area contributed by atoms with E-state index in [1.807, 2.05) is 0 Å². The molecule has 0 spiro atoms. The third-order valence-corrected chi connectivity index (χ3v) is 5.55. The number of thioether (sulfide) groups is 1. The van der Waals surface area contributed by atoms with Gasteiger partial charge in [0.05, 0.1) is 15.7 Å². The summed E-state index contributed by atoms with van der Waals surface area (Å²) in [6.07, 6.45) is 1.68. The maximum Gasteiger partial charge on any atom is 0.269 e. The Bertz CT molecular complexity index is 1140. The highest BCUT2D eigenvalue weighted by molar-refractivity contribution is 7.99. The lowest BCUT2D eigenvalue weighted by Crippen LogP contribution is -2.15. The Morgan fingerprint density at radius 1 is 1.25 bits per heavy atom. The van der Waals surface area contributed by atoms with Crippen molar-refractivity contribution in [1.82, 2.24) is 14.8 Å². The molecule has 166 valence electrons. The topological polar surface area (TPSA) is 112 Å². The van der Waals surface area contributed by atoms with Gasteiger partial charge in [-0.05, 0) is 30.3 Å². The van der Waals surface area contributed by atoms with Crippen LogP contribution in [0.1, 0.15) is 5.82 Å². The van der Waals surface area contributed by atoms with E-state index >= 15 is 0 Å². The first kappa shape index (κ1) is 23.6. The highest BCUT2D eigenvalue weighted by atomic mass is 35.5. The molecule has 0 aliphatic heterocycles. The number of rotatable bonds is 10. The van der Waals surface area contributed by atoms with E-state index in [0.717, 1.165) is 0 Å². The number of allylic oxidation sites excluding steroid dienone is 1. The maximum atomic E-state index is 12.3. The predicted octanol–water partition coefficient (Wildman–Crippen LogP) is 4.99. The maximum absolute atomic E-state index is 12.3. The normalized spacial score (nSPS) is 10.6. The summed E-state index contributed by atoms with van der Waals surface area (Å²) in [6, 6.07) is 10.5. The van der Waals surface area contributed by atoms with Gasteiger partial charge in [-0.15, -0.1) is 16.8 Å². The summed E-state index contributed by atoms with van der Waals surface area (Å²) >= 11 is 13.2. The fraction of sp³-hybridized carbons (Fsp3) is 0.150. The number of amides is 1. The number of halogens is 2. The van der Waals surface area contributed by atoms with Gasteiger partial charge in [-0.2, -0.15) is 0 Å². The minimum Gasteiger partial charge on any atom is -0.484 e. The van der Waals surface area contributed by atoms with Crippen LogP contribution < -0.4 is 10.1 Å². The van der Waals surface area contributed by atoms with Crippen LogP contribution in [0.5, 0.6) is 5.75 Å². The molecule has 0 saturated heterocycles. The summed E-state index contributed by atoms with van der Waals surface area (Å²) in [5.74, 6) is 0.772. The molecule has 3 rings (SSSR count). The lowest BCUT2D eigenvalue weighted by molar-refractivity contribution is -0.384. The summed E-state index contributed by atoms with van der Waals surface area (Å²) in [7, 11) is 0. The van der Waals surface area contributed by atoms with E-state index in [9.17, 15) is 14.9 Å². The lowest BCUT2D eigenvalue weighted by atomic mass is 10.3. The molecule has 0 saturated carbocycles. The summed E-state index contributed by atoms with van der Waals surface area (Å²) in [6.45, 7) is 4.27. The third kappa shape index (κ3) is 6.22. The van der Waals surface area contributed by atoms with Crippen LogP contribution in [0.15, 0.2) is 60.3 Å². The van der Waals surface area contributed by atoms with E-state index in [4.69, 9.17) is 27.9 Å². The first-order chi connectivity index (χ1) is 15.4. The molecule has 0 atom stereocenters. The zero-order chi connectivity index (χ0) is 23.1. The van der Waals surface area contributed by atoms with Gasteiger partial charge in [0.25, 0.3) is 5.69 Å². The van der Waals surface area contributed by atoms with Crippen molar-refractivity contribution < 1.29 is 14.5 Å². The van der Waals surface area contributed by atoms with Gasteiger partial charge in [0.1, 0.15) is 12.4 Å². The number of nitrogens with one attached hydrogen (secondary N) is 1. The second kappa shape index (κ2) is 11.0. The monoisotopic (exact) mass is 493 g/mol. The van der Waals surface area contributed by atoms with Crippen molar-refractivity contribution in [2.24, 2.45) is 0 Å². The molecule has 0 bridgehead atoms. The Labute approximate surface area is 197 Å². The van der Waals surface area contributed by atoms with Crippen LogP contribution in [0.25, 0.3) is 0 Å². The Morgan fingerprint density at radius 2 is 2.00 bits per heavy atom. The molecule has 1 aromatic heterocycles. The number of nitro groups is 1. The third-order valence-electron chi connectivity index (χ3n) is 4.05. The quantitative estimate of drug-likeness (QED) is 0.183. The number of carbonyl (C=O) groups excluding carboxylic acids is 1. The number of benzene rings is 2. The van der Waals surface area contributed by atoms with E-state index in [1.54, 1.807) is 28.8 Å². The Hall–Kier alpha value is -3.08. The van der Waals surface area contributed by atoms with Crippen LogP contribution in [0.3, 0.4) is 0 Å². The van der Waals surface area contributed by atoms with Crippen LogP contribution in [0.2, 0.25) is 10.0 Å². The number of nitrogens with zero attached hydrogens (tertiary/aromatic N) is 4. The summed E-state index contributed by atoms with van der Waals surface area (Å²) < 4.78 is 7.50. The van der Waals surface area contributed by atoms with Gasteiger partial charge >= 0.3 is 0 Å². The van der Waals surface area contributed by atoms with Gasteiger partial charge in [0.15, 0.2) is 11.0 Å². The molecule has 3 aromatic rings. The number of non-ortho nitro benzene ring substituents is 1. The van der Waals surface area contributed by atoms with Crippen molar-refractivity contribution in [2.75, 3.05) is 11.1 Å². The van der Waals surface area contributed by atoms with Crippen molar-refractivity contribution >= 4 is 52.2 Å². The van der Waals surface area contributed by atoms with Crippen molar-refractivity contribution in [2.45, 2.75) is 18.3 Å². The fourth-order valence-electron chi connectivity index (χ4n) is 2.57. The smallest absolute Gasteiger partial charge is 0.269 e. The number of hydrogen-bond acceptors (Lipinski definition) is 7. The zero-order valence-electron chi connectivity index (χ0n) is 16.5. The van der Waals surface area contributed by atoms with Gasteiger partial charge in [0, 0.05) is 29.4 Å². The van der Waals surface area contributed by atoms with Gasteiger partial charge in [-0.1, -0.05) is 41.0 Å². The molecule has 0 unspecified atom stereocenters. The average Bonchev–Trinajstić information content (AvgIpc) is 3.14. The number of ether oxygens (including phenoxy) is 1. The lowest BCUT2D eigenvalue weighted by Gasteiger charge is -2.10. The zero-order valence-corrected chi connectivity index (χ0v) is 18.9. The van der Waals surface area contributed by atoms with Crippen molar-refractivity contribution in [3.05, 3.63) is 81.1 Å². The Morgan fingerprint density at radius 3 is 2.66 bits per heavy atom. The molecular formula is C20H17Cl2N5O4S. The van der Waals surface area contributed by atoms with Crippen molar-refractivity contribution in [3.63, 3.8) is 0 Å². The number of aromatic nitrogens is 3. The van der Waals surface area contributed by atoms with E-state index in [-0.39, 0.29) is 24.0 Å². The minimum atomic E-state index is -0.504. The molecule has 12 heteroatoms. The van der Waals surface area contributed by atoms with Gasteiger partial charge in [-0.25, -0.2) is 0 Å². The van der Waals surface area contributed by atoms with Crippen molar-refractivity contribution in [1.29, 1.82) is 0 Å². The minimum absolute atomic E-state index is 0.0514. The first-order valence-corrected chi connectivity index (χ1v) is 10.9. The van der Waals surface area contributed by atoms with Crippen LogP contribution in [-0.2, 0) is 17.9 Å².